The molecule has 6 nitrogen and oxygen atoms in total. The first-order valence-electron chi connectivity index (χ1n) is 10.0. The van der Waals surface area contributed by atoms with Crippen molar-refractivity contribution in [2.75, 3.05) is 9.44 Å². The van der Waals surface area contributed by atoms with Crippen molar-refractivity contribution in [3.8, 4) is 0 Å². The number of benzene rings is 3. The standard InChI is InChI=1S/C23H26N2O4S2/c1-3-4-8-19-10-14-21(15-11-19)30(26,27)24-20-12-16-22(17-13-20)31(28,29)25-23-9-6-5-7-18(23)2/h5-7,9-17,24-25H,3-4,8H2,1-2H3. The topological polar surface area (TPSA) is 92.3 Å². The van der Waals surface area contributed by atoms with Gasteiger partial charge in [-0.25, -0.2) is 16.8 Å². The average molecular weight is 459 g/mol. The fourth-order valence-corrected chi connectivity index (χ4v) is 5.21. The van der Waals surface area contributed by atoms with Gasteiger partial charge >= 0.3 is 0 Å². The van der Waals surface area contributed by atoms with E-state index in [4.69, 9.17) is 0 Å². The van der Waals surface area contributed by atoms with E-state index in [1.807, 2.05) is 31.2 Å². The zero-order chi connectivity index (χ0) is 22.5. The minimum absolute atomic E-state index is 0.0407. The normalized spacial score (nSPS) is 11.8. The monoisotopic (exact) mass is 458 g/mol. The first-order chi connectivity index (χ1) is 14.7. The average Bonchev–Trinajstić information content (AvgIpc) is 2.74. The van der Waals surface area contributed by atoms with Crippen LogP contribution in [0.25, 0.3) is 0 Å². The van der Waals surface area contributed by atoms with Gasteiger partial charge in [-0.15, -0.1) is 0 Å². The van der Waals surface area contributed by atoms with Crippen molar-refractivity contribution in [1.29, 1.82) is 0 Å². The van der Waals surface area contributed by atoms with Crippen LogP contribution < -0.4 is 9.44 Å². The van der Waals surface area contributed by atoms with Crippen molar-refractivity contribution in [3.63, 3.8) is 0 Å². The number of sulfonamides is 2. The summed E-state index contributed by atoms with van der Waals surface area (Å²) in [6.07, 6.45) is 3.04. The maximum Gasteiger partial charge on any atom is 0.261 e. The van der Waals surface area contributed by atoms with E-state index in [1.165, 1.54) is 24.3 Å². The third-order valence-corrected chi connectivity index (χ3v) is 7.64. The molecule has 3 aromatic rings. The second-order valence-corrected chi connectivity index (χ2v) is 10.7. The summed E-state index contributed by atoms with van der Waals surface area (Å²) < 4.78 is 55.6. The molecule has 31 heavy (non-hydrogen) atoms. The highest BCUT2D eigenvalue weighted by molar-refractivity contribution is 7.93. The van der Waals surface area contributed by atoms with Gasteiger partial charge in [-0.1, -0.05) is 43.7 Å². The Labute approximate surface area is 184 Å². The molecule has 0 atom stereocenters. The summed E-state index contributed by atoms with van der Waals surface area (Å²) in [4.78, 5) is 0.199. The summed E-state index contributed by atoms with van der Waals surface area (Å²) in [5.74, 6) is 0. The smallest absolute Gasteiger partial charge is 0.261 e. The Balaban J connectivity index is 1.73. The molecule has 0 saturated heterocycles. The van der Waals surface area contributed by atoms with Gasteiger partial charge in [0, 0.05) is 5.69 Å². The van der Waals surface area contributed by atoms with Crippen LogP contribution in [0, 0.1) is 6.92 Å². The van der Waals surface area contributed by atoms with Gasteiger partial charge in [0.1, 0.15) is 0 Å². The van der Waals surface area contributed by atoms with Gasteiger partial charge in [0.05, 0.1) is 15.5 Å². The van der Waals surface area contributed by atoms with Gasteiger partial charge in [0.15, 0.2) is 0 Å². The molecule has 0 aliphatic carbocycles. The van der Waals surface area contributed by atoms with Crippen molar-refractivity contribution in [2.24, 2.45) is 0 Å². The van der Waals surface area contributed by atoms with Crippen LogP contribution in [0.15, 0.2) is 82.6 Å². The highest BCUT2D eigenvalue weighted by atomic mass is 32.2. The molecule has 8 heteroatoms. The number of rotatable bonds is 9. The number of aryl methyl sites for hydroxylation is 2. The fraction of sp³-hybridized carbons (Fsp3) is 0.217. The van der Waals surface area contributed by atoms with E-state index in [0.29, 0.717) is 5.69 Å². The fourth-order valence-electron chi connectivity index (χ4n) is 3.02. The number of unbranched alkanes of at least 4 members (excludes halogenated alkanes) is 1. The Bertz CT molecular complexity index is 1240. The highest BCUT2D eigenvalue weighted by Crippen LogP contribution is 2.22. The lowest BCUT2D eigenvalue weighted by Crippen LogP contribution is -2.15. The van der Waals surface area contributed by atoms with Crippen LogP contribution in [0.3, 0.4) is 0 Å². The summed E-state index contributed by atoms with van der Waals surface area (Å²) >= 11 is 0. The van der Waals surface area contributed by atoms with Crippen LogP contribution in [0.1, 0.15) is 30.9 Å². The quantitative estimate of drug-likeness (QED) is 0.475. The molecule has 3 aromatic carbocycles. The lowest BCUT2D eigenvalue weighted by molar-refractivity contribution is 0.600. The number of hydrogen-bond donors (Lipinski definition) is 2. The van der Waals surface area contributed by atoms with Crippen molar-refractivity contribution < 1.29 is 16.8 Å². The largest absolute Gasteiger partial charge is 0.280 e. The molecule has 0 aliphatic heterocycles. The molecule has 0 spiro atoms. The van der Waals surface area contributed by atoms with Gasteiger partial charge in [-0.3, -0.25) is 9.44 Å². The molecular formula is C23H26N2O4S2. The maximum atomic E-state index is 12.6. The van der Waals surface area contributed by atoms with Crippen LogP contribution >= 0.6 is 0 Å². The summed E-state index contributed by atoms with van der Waals surface area (Å²) in [5, 5.41) is 0. The van der Waals surface area contributed by atoms with Crippen LogP contribution in [0.2, 0.25) is 0 Å². The van der Waals surface area contributed by atoms with Crippen molar-refractivity contribution in [2.45, 2.75) is 42.9 Å². The van der Waals surface area contributed by atoms with Crippen LogP contribution in [-0.4, -0.2) is 16.8 Å². The highest BCUT2D eigenvalue weighted by Gasteiger charge is 2.17. The third kappa shape index (κ3) is 5.86. The third-order valence-electron chi connectivity index (χ3n) is 4.86. The van der Waals surface area contributed by atoms with E-state index in [1.54, 1.807) is 24.3 Å². The molecule has 3 rings (SSSR count). The van der Waals surface area contributed by atoms with E-state index in [9.17, 15) is 16.8 Å². The van der Waals surface area contributed by atoms with Crippen LogP contribution in [-0.2, 0) is 26.5 Å². The predicted octanol–water partition coefficient (Wildman–Crippen LogP) is 4.94. The van der Waals surface area contributed by atoms with E-state index in [-0.39, 0.29) is 15.5 Å². The van der Waals surface area contributed by atoms with Gasteiger partial charge in [0.2, 0.25) is 0 Å². The van der Waals surface area contributed by atoms with E-state index in [2.05, 4.69) is 16.4 Å². The number of anilines is 2. The van der Waals surface area contributed by atoms with E-state index in [0.717, 1.165) is 30.4 Å². The van der Waals surface area contributed by atoms with Crippen LogP contribution in [0.4, 0.5) is 11.4 Å². The first-order valence-corrected chi connectivity index (χ1v) is 13.0. The van der Waals surface area contributed by atoms with Crippen molar-refractivity contribution in [1.82, 2.24) is 0 Å². The Morgan fingerprint density at radius 2 is 1.26 bits per heavy atom. The number of hydrogen-bond acceptors (Lipinski definition) is 4. The number of para-hydroxylation sites is 1. The Morgan fingerprint density at radius 1 is 0.710 bits per heavy atom. The summed E-state index contributed by atoms with van der Waals surface area (Å²) in [6.45, 7) is 3.92. The van der Waals surface area contributed by atoms with Crippen molar-refractivity contribution >= 4 is 31.4 Å². The van der Waals surface area contributed by atoms with Crippen LogP contribution in [0.5, 0.6) is 0 Å². The zero-order valence-electron chi connectivity index (χ0n) is 17.5. The molecule has 0 saturated carbocycles. The van der Waals surface area contributed by atoms with Gasteiger partial charge in [-0.05, 0) is 73.4 Å². The summed E-state index contributed by atoms with van der Waals surface area (Å²) in [5.41, 5.74) is 2.67. The Hall–Kier alpha value is -2.84. The Morgan fingerprint density at radius 3 is 1.84 bits per heavy atom. The molecule has 0 unspecified atom stereocenters. The molecule has 0 radical (unpaired) electrons. The van der Waals surface area contributed by atoms with Gasteiger partial charge in [0.25, 0.3) is 20.0 Å². The first kappa shape index (κ1) is 22.8. The molecule has 0 aromatic heterocycles. The molecule has 0 bridgehead atoms. The maximum absolute atomic E-state index is 12.6. The van der Waals surface area contributed by atoms with E-state index >= 15 is 0 Å². The molecular weight excluding hydrogens is 432 g/mol. The summed E-state index contributed by atoms with van der Waals surface area (Å²) in [6, 6.07) is 19.5. The number of nitrogens with one attached hydrogen (secondary N) is 2. The summed E-state index contributed by atoms with van der Waals surface area (Å²) in [7, 11) is -7.56. The van der Waals surface area contributed by atoms with E-state index < -0.39 is 20.0 Å². The van der Waals surface area contributed by atoms with Gasteiger partial charge < -0.3 is 0 Å². The lowest BCUT2D eigenvalue weighted by atomic mass is 10.1. The minimum Gasteiger partial charge on any atom is -0.280 e. The second kappa shape index (κ2) is 9.53. The molecule has 0 amide bonds. The predicted molar refractivity (Wildman–Crippen MR) is 124 cm³/mol. The molecule has 2 N–H and O–H groups in total. The zero-order valence-corrected chi connectivity index (χ0v) is 19.1. The SMILES string of the molecule is CCCCc1ccc(S(=O)(=O)Nc2ccc(S(=O)(=O)Nc3ccccc3C)cc2)cc1. The lowest BCUT2D eigenvalue weighted by Gasteiger charge is -2.12. The molecule has 164 valence electrons. The Kier molecular flexibility index (Phi) is 7.02. The molecule has 0 heterocycles. The van der Waals surface area contributed by atoms with Gasteiger partial charge in [-0.2, -0.15) is 0 Å². The molecule has 0 fully saturated rings. The minimum atomic E-state index is -3.79. The second-order valence-electron chi connectivity index (χ2n) is 7.30. The van der Waals surface area contributed by atoms with Crippen molar-refractivity contribution in [3.05, 3.63) is 83.9 Å². The molecule has 0 aliphatic rings.